The molecule has 35 heavy (non-hydrogen) atoms. The number of nitrogens with zero attached hydrogens (tertiary/aromatic N) is 1. The fraction of sp³-hybridized carbons (Fsp3) is 0.476. The molecule has 1 aliphatic heterocycles. The predicted octanol–water partition coefficient (Wildman–Crippen LogP) is 2.64. The fourth-order valence-corrected chi connectivity index (χ4v) is 4.97. The van der Waals surface area contributed by atoms with Crippen molar-refractivity contribution < 1.29 is 37.4 Å². The highest BCUT2D eigenvalue weighted by Gasteiger charge is 2.46. The maximum atomic E-state index is 14.9. The van der Waals surface area contributed by atoms with Gasteiger partial charge in [-0.25, -0.2) is 8.96 Å². The predicted molar refractivity (Wildman–Crippen MR) is 125 cm³/mol. The normalized spacial score (nSPS) is 24.6. The molecule has 2 aromatic rings. The second-order valence-corrected chi connectivity index (χ2v) is 10.1. The molecular weight excluding hydrogens is 504 g/mol. The molecule has 2 heterocycles. The number of carbonyl (C=O) groups is 1. The lowest BCUT2D eigenvalue weighted by Gasteiger charge is -2.24. The number of para-hydroxylation sites is 1. The molecule has 0 spiro atoms. The van der Waals surface area contributed by atoms with Crippen LogP contribution in [0.1, 0.15) is 27.0 Å². The topological polar surface area (TPSA) is 141 Å². The first-order chi connectivity index (χ1) is 16.5. The molecule has 0 radical (unpaired) electrons. The first-order valence-electron chi connectivity index (χ1n) is 10.8. The molecule has 14 heteroatoms. The molecule has 11 nitrogen and oxygen atoms in total. The van der Waals surface area contributed by atoms with Crippen molar-refractivity contribution in [3.63, 3.8) is 0 Å². The minimum atomic E-state index is -4.26. The molecule has 1 aliphatic rings. The first-order valence-corrected chi connectivity index (χ1v) is 12.7. The van der Waals surface area contributed by atoms with Crippen LogP contribution in [0.15, 0.2) is 47.4 Å². The Morgan fingerprint density at radius 2 is 2.00 bits per heavy atom. The van der Waals surface area contributed by atoms with Crippen molar-refractivity contribution in [3.8, 4) is 5.75 Å². The lowest BCUT2D eigenvalue weighted by atomic mass is 10.1. The van der Waals surface area contributed by atoms with Crippen molar-refractivity contribution in [1.82, 2.24) is 14.6 Å². The summed E-state index contributed by atoms with van der Waals surface area (Å²) in [6.07, 6.45) is -5.36. The van der Waals surface area contributed by atoms with Crippen LogP contribution in [0.5, 0.6) is 5.75 Å². The Morgan fingerprint density at radius 1 is 1.31 bits per heavy atom. The van der Waals surface area contributed by atoms with Crippen molar-refractivity contribution in [2.75, 3.05) is 6.61 Å². The maximum Gasteiger partial charge on any atom is 0.459 e. The molecule has 1 aromatic carbocycles. The first kappa shape index (κ1) is 27.2. The average molecular weight is 531 g/mol. The molecule has 2 unspecified atom stereocenters. The second-order valence-electron chi connectivity index (χ2n) is 8.05. The zero-order valence-electron chi connectivity index (χ0n) is 19.2. The largest absolute Gasteiger partial charge is 0.462 e. The summed E-state index contributed by atoms with van der Waals surface area (Å²) in [6, 6.07) is 8.11. The molecule has 6 atom stereocenters. The van der Waals surface area contributed by atoms with Crippen molar-refractivity contribution in [2.45, 2.75) is 57.5 Å². The number of aliphatic hydroxyl groups excluding tert-OH is 1. The number of benzene rings is 1. The zero-order valence-corrected chi connectivity index (χ0v) is 20.9. The Balaban J connectivity index is 1.75. The number of halogens is 1. The van der Waals surface area contributed by atoms with Crippen LogP contribution < -0.4 is 15.2 Å². The number of aromatic nitrogens is 2. The van der Waals surface area contributed by atoms with Gasteiger partial charge in [-0.1, -0.05) is 18.2 Å². The number of alkyl halides is 1. The van der Waals surface area contributed by atoms with E-state index in [0.29, 0.717) is 0 Å². The Labute approximate surface area is 205 Å². The zero-order chi connectivity index (χ0) is 25.8. The van der Waals surface area contributed by atoms with E-state index < -0.39 is 62.6 Å². The van der Waals surface area contributed by atoms with Gasteiger partial charge in [0.1, 0.15) is 24.0 Å². The Morgan fingerprint density at radius 3 is 2.63 bits per heavy atom. The van der Waals surface area contributed by atoms with Gasteiger partial charge in [-0.2, -0.15) is 5.09 Å². The summed E-state index contributed by atoms with van der Waals surface area (Å²) in [5, 5.41) is 12.8. The molecule has 0 aliphatic carbocycles. The highest BCUT2D eigenvalue weighted by Crippen LogP contribution is 2.46. The SMILES string of the molecule is CC(C)OC(=O)[C@H](C)NP(=O)(OC[C@H]1O[C@@H](n2ccc(=O)[nH]c2=S)[C@@H](O)C1F)Oc1ccccc1. The molecule has 3 N–H and O–H groups in total. The van der Waals surface area contributed by atoms with Gasteiger partial charge >= 0.3 is 13.7 Å². The lowest BCUT2D eigenvalue weighted by molar-refractivity contribution is -0.149. The van der Waals surface area contributed by atoms with E-state index in [1.807, 2.05) is 0 Å². The molecule has 3 rings (SSSR count). The summed E-state index contributed by atoms with van der Waals surface area (Å²) in [6.45, 7) is 4.14. The van der Waals surface area contributed by atoms with Crippen molar-refractivity contribution in [1.29, 1.82) is 0 Å². The van der Waals surface area contributed by atoms with Crippen LogP contribution in [0.3, 0.4) is 0 Å². The van der Waals surface area contributed by atoms with Gasteiger partial charge in [0, 0.05) is 12.3 Å². The fourth-order valence-electron chi connectivity index (χ4n) is 3.21. The van der Waals surface area contributed by atoms with Crippen LogP contribution in [0.4, 0.5) is 4.39 Å². The van der Waals surface area contributed by atoms with Crippen LogP contribution in [-0.2, 0) is 23.4 Å². The number of aromatic amines is 1. The number of hydrogen-bond acceptors (Lipinski definition) is 9. The Kier molecular flexibility index (Phi) is 8.97. The molecule has 1 aromatic heterocycles. The number of nitrogens with one attached hydrogen (secondary N) is 2. The maximum absolute atomic E-state index is 14.9. The van der Waals surface area contributed by atoms with Crippen molar-refractivity contribution in [2.24, 2.45) is 0 Å². The van der Waals surface area contributed by atoms with Gasteiger partial charge in [-0.05, 0) is 45.1 Å². The number of aliphatic hydroxyl groups is 1. The van der Waals surface area contributed by atoms with Gasteiger partial charge in [-0.3, -0.25) is 23.7 Å². The number of carbonyl (C=O) groups excluding carboxylic acids is 1. The molecule has 1 saturated heterocycles. The minimum absolute atomic E-state index is 0.0763. The van der Waals surface area contributed by atoms with E-state index in [9.17, 15) is 23.7 Å². The van der Waals surface area contributed by atoms with Crippen LogP contribution >= 0.6 is 20.0 Å². The summed E-state index contributed by atoms with van der Waals surface area (Å²) in [7, 11) is -4.26. The van der Waals surface area contributed by atoms with E-state index in [2.05, 4.69) is 10.1 Å². The van der Waals surface area contributed by atoms with Gasteiger partial charge < -0.3 is 19.1 Å². The smallest absolute Gasteiger partial charge is 0.459 e. The van der Waals surface area contributed by atoms with E-state index in [1.165, 1.54) is 29.8 Å². The quantitative estimate of drug-likeness (QED) is 0.238. The Bertz CT molecular complexity index is 1180. The summed E-state index contributed by atoms with van der Waals surface area (Å²) in [5.41, 5.74) is -0.467. The lowest BCUT2D eigenvalue weighted by Crippen LogP contribution is -2.37. The van der Waals surface area contributed by atoms with Crippen LogP contribution in [0.25, 0.3) is 0 Å². The highest BCUT2D eigenvalue weighted by atomic mass is 32.1. The van der Waals surface area contributed by atoms with E-state index >= 15 is 0 Å². The minimum Gasteiger partial charge on any atom is -0.462 e. The monoisotopic (exact) mass is 531 g/mol. The van der Waals surface area contributed by atoms with Crippen LogP contribution in [0, 0.1) is 4.77 Å². The van der Waals surface area contributed by atoms with Gasteiger partial charge in [0.05, 0.1) is 12.7 Å². The van der Waals surface area contributed by atoms with Crippen molar-refractivity contribution in [3.05, 3.63) is 57.7 Å². The third kappa shape index (κ3) is 7.06. The van der Waals surface area contributed by atoms with Gasteiger partial charge in [-0.15, -0.1) is 0 Å². The highest BCUT2D eigenvalue weighted by molar-refractivity contribution is 7.71. The number of esters is 1. The molecule has 192 valence electrons. The summed E-state index contributed by atoms with van der Waals surface area (Å²) >= 11 is 5.05. The van der Waals surface area contributed by atoms with E-state index in [1.54, 1.807) is 32.0 Å². The van der Waals surface area contributed by atoms with E-state index in [4.69, 9.17) is 30.7 Å². The number of hydrogen-bond donors (Lipinski definition) is 3. The van der Waals surface area contributed by atoms with Crippen molar-refractivity contribution >= 4 is 25.9 Å². The number of H-pyrrole nitrogens is 1. The second kappa shape index (κ2) is 11.5. The third-order valence-electron chi connectivity index (χ3n) is 4.85. The van der Waals surface area contributed by atoms with Crippen LogP contribution in [0.2, 0.25) is 0 Å². The molecule has 0 saturated carbocycles. The molecule has 0 amide bonds. The molecular formula is C21H27FN3O8PS. The third-order valence-corrected chi connectivity index (χ3v) is 6.80. The summed E-state index contributed by atoms with van der Waals surface area (Å²) in [4.78, 5) is 26.0. The molecule has 1 fully saturated rings. The molecule has 0 bridgehead atoms. The average Bonchev–Trinajstić information content (AvgIpc) is 3.06. The van der Waals surface area contributed by atoms with Gasteiger partial charge in [0.15, 0.2) is 17.2 Å². The van der Waals surface area contributed by atoms with E-state index in [0.717, 1.165) is 6.07 Å². The number of rotatable bonds is 10. The van der Waals surface area contributed by atoms with Gasteiger partial charge in [0.2, 0.25) is 0 Å². The summed E-state index contributed by atoms with van der Waals surface area (Å²) in [5.74, 6) is -0.516. The van der Waals surface area contributed by atoms with Gasteiger partial charge in [0.25, 0.3) is 5.56 Å². The van der Waals surface area contributed by atoms with Crippen LogP contribution in [-0.4, -0.2) is 57.8 Å². The Hall–Kier alpha value is -2.41. The van der Waals surface area contributed by atoms with E-state index in [-0.39, 0.29) is 10.5 Å². The standard InChI is InChI=1S/C21H27FN3O8PS/c1-12(2)31-20(28)13(3)24-34(29,33-14-7-5-4-6-8-14)30-11-15-17(22)18(27)19(32-15)25-10-9-16(26)23-21(25)35/h4-10,12-13,15,17-19,27H,11H2,1-3H3,(H,24,29)(H,23,26,35)/t13-,15+,17?,18-,19+,34?/m0/s1. The summed E-state index contributed by atoms with van der Waals surface area (Å²) < 4.78 is 51.1. The number of ether oxygens (including phenoxy) is 2.